The molecule has 8 heteroatoms. The number of hydrogen-bond acceptors (Lipinski definition) is 7. The molecule has 1 aromatic heterocycles. The van der Waals surface area contributed by atoms with Gasteiger partial charge in [-0.25, -0.2) is 4.79 Å². The summed E-state index contributed by atoms with van der Waals surface area (Å²) in [6.45, 7) is 7.00. The molecule has 0 radical (unpaired) electrons. The Labute approximate surface area is 204 Å². The van der Waals surface area contributed by atoms with Crippen molar-refractivity contribution in [3.8, 4) is 5.75 Å². The van der Waals surface area contributed by atoms with Crippen molar-refractivity contribution >= 4 is 16.9 Å². The Hall–Kier alpha value is -3.20. The number of amides is 1. The number of morpholine rings is 1. The molecule has 0 spiro atoms. The number of ether oxygens (including phenoxy) is 2. The van der Waals surface area contributed by atoms with Crippen LogP contribution < -0.4 is 16.1 Å². The molecule has 2 aromatic carbocycles. The zero-order valence-electron chi connectivity index (χ0n) is 19.9. The lowest BCUT2D eigenvalue weighted by molar-refractivity contribution is -0.125. The lowest BCUT2D eigenvalue weighted by atomic mass is 9.89. The SMILES string of the molecule is Cc1ccc2oc(=O)c(C(O)C(Cc3ccc(OCCCN4CCOCC4)cc3)C(N)=O)cc2c1. The van der Waals surface area contributed by atoms with Gasteiger partial charge in [-0.1, -0.05) is 23.8 Å². The summed E-state index contributed by atoms with van der Waals surface area (Å²) in [6, 6.07) is 14.3. The van der Waals surface area contributed by atoms with Crippen LogP contribution in [0.1, 0.15) is 29.2 Å². The summed E-state index contributed by atoms with van der Waals surface area (Å²) in [6.07, 6.45) is -0.283. The standard InChI is InChI=1S/C27H32N2O6/c1-18-3-8-24-20(15-18)17-23(27(32)35-24)25(30)22(26(28)31)16-19-4-6-21(7-5-19)34-12-2-9-29-10-13-33-14-11-29/h3-8,15,17,22,25,30H,2,9-14,16H2,1H3,(H2,28,31). The molecule has 4 rings (SSSR count). The number of rotatable bonds is 10. The summed E-state index contributed by atoms with van der Waals surface area (Å²) >= 11 is 0. The molecule has 1 fully saturated rings. The van der Waals surface area contributed by atoms with Crippen LogP contribution in [-0.2, 0) is 16.0 Å². The van der Waals surface area contributed by atoms with Gasteiger partial charge in [0.05, 0.1) is 37.4 Å². The van der Waals surface area contributed by atoms with Crippen molar-refractivity contribution < 1.29 is 23.8 Å². The number of aliphatic hydroxyl groups is 1. The van der Waals surface area contributed by atoms with Gasteiger partial charge in [0.2, 0.25) is 5.91 Å². The number of benzene rings is 2. The Morgan fingerprint density at radius 2 is 1.89 bits per heavy atom. The Kier molecular flexibility index (Phi) is 8.17. The fourth-order valence-electron chi connectivity index (χ4n) is 4.33. The van der Waals surface area contributed by atoms with Crippen LogP contribution in [0.15, 0.2) is 57.7 Å². The summed E-state index contributed by atoms with van der Waals surface area (Å²) in [5, 5.41) is 11.6. The molecular weight excluding hydrogens is 448 g/mol. The first-order valence-corrected chi connectivity index (χ1v) is 11.9. The van der Waals surface area contributed by atoms with Crippen molar-refractivity contribution in [1.82, 2.24) is 4.90 Å². The van der Waals surface area contributed by atoms with Gasteiger partial charge in [0.1, 0.15) is 11.3 Å². The number of carbonyl (C=O) groups excluding carboxylic acids is 1. The van der Waals surface area contributed by atoms with Gasteiger partial charge in [-0.2, -0.15) is 0 Å². The molecule has 2 heterocycles. The summed E-state index contributed by atoms with van der Waals surface area (Å²) in [5.41, 5.74) is 7.17. The van der Waals surface area contributed by atoms with E-state index in [-0.39, 0.29) is 12.0 Å². The largest absolute Gasteiger partial charge is 0.494 e. The molecule has 3 N–H and O–H groups in total. The molecule has 2 unspecified atom stereocenters. The van der Waals surface area contributed by atoms with Gasteiger partial charge in [0.15, 0.2) is 0 Å². The number of primary amides is 1. The molecule has 0 aliphatic carbocycles. The fourth-order valence-corrected chi connectivity index (χ4v) is 4.33. The van der Waals surface area contributed by atoms with Crippen LogP contribution in [0.25, 0.3) is 11.0 Å². The summed E-state index contributed by atoms with van der Waals surface area (Å²) in [4.78, 5) is 27.1. The second kappa shape index (κ2) is 11.5. The maximum Gasteiger partial charge on any atom is 0.342 e. The van der Waals surface area contributed by atoms with Gasteiger partial charge in [0.25, 0.3) is 0 Å². The Bertz CT molecular complexity index is 1200. The van der Waals surface area contributed by atoms with E-state index >= 15 is 0 Å². The van der Waals surface area contributed by atoms with Crippen LogP contribution in [0.3, 0.4) is 0 Å². The zero-order valence-corrected chi connectivity index (χ0v) is 19.9. The number of fused-ring (bicyclic) bond motifs is 1. The van der Waals surface area contributed by atoms with Crippen LogP contribution in [0, 0.1) is 12.8 Å². The third-order valence-corrected chi connectivity index (χ3v) is 6.35. The topological polar surface area (TPSA) is 115 Å². The number of aryl methyl sites for hydroxylation is 1. The van der Waals surface area contributed by atoms with Gasteiger partial charge in [0, 0.05) is 25.0 Å². The Balaban J connectivity index is 1.38. The predicted octanol–water partition coefficient (Wildman–Crippen LogP) is 2.58. The maximum atomic E-state index is 12.5. The monoisotopic (exact) mass is 480 g/mol. The third kappa shape index (κ3) is 6.48. The minimum atomic E-state index is -1.38. The van der Waals surface area contributed by atoms with Gasteiger partial charge in [-0.15, -0.1) is 0 Å². The second-order valence-electron chi connectivity index (χ2n) is 8.99. The first-order chi connectivity index (χ1) is 16.9. The molecule has 0 bridgehead atoms. The third-order valence-electron chi connectivity index (χ3n) is 6.35. The number of hydrogen-bond donors (Lipinski definition) is 2. The highest BCUT2D eigenvalue weighted by Gasteiger charge is 2.29. The molecule has 0 saturated carbocycles. The van der Waals surface area contributed by atoms with Crippen molar-refractivity contribution in [2.24, 2.45) is 11.7 Å². The molecule has 1 amide bonds. The van der Waals surface area contributed by atoms with Crippen molar-refractivity contribution in [3.63, 3.8) is 0 Å². The van der Waals surface area contributed by atoms with Crippen LogP contribution in [0.5, 0.6) is 5.75 Å². The predicted molar refractivity (Wildman–Crippen MR) is 132 cm³/mol. The molecular formula is C27H32N2O6. The van der Waals surface area contributed by atoms with Gasteiger partial charge >= 0.3 is 5.63 Å². The summed E-state index contributed by atoms with van der Waals surface area (Å²) < 4.78 is 16.5. The first kappa shape index (κ1) is 24.9. The van der Waals surface area contributed by atoms with Gasteiger partial charge in [-0.3, -0.25) is 9.69 Å². The van der Waals surface area contributed by atoms with E-state index in [1.807, 2.05) is 43.3 Å². The maximum absolute atomic E-state index is 12.5. The second-order valence-corrected chi connectivity index (χ2v) is 8.99. The molecule has 186 valence electrons. The minimum absolute atomic E-state index is 0.0205. The lowest BCUT2D eigenvalue weighted by Crippen LogP contribution is -2.37. The van der Waals surface area contributed by atoms with E-state index < -0.39 is 23.6 Å². The average Bonchev–Trinajstić information content (AvgIpc) is 2.86. The highest BCUT2D eigenvalue weighted by atomic mass is 16.5. The van der Waals surface area contributed by atoms with Crippen LogP contribution in [-0.4, -0.2) is 55.4 Å². The van der Waals surface area contributed by atoms with E-state index in [9.17, 15) is 14.7 Å². The van der Waals surface area contributed by atoms with E-state index in [4.69, 9.17) is 19.6 Å². The summed E-state index contributed by atoms with van der Waals surface area (Å²) in [7, 11) is 0. The van der Waals surface area contributed by atoms with E-state index in [1.54, 1.807) is 12.1 Å². The number of aliphatic hydroxyl groups excluding tert-OH is 1. The van der Waals surface area contributed by atoms with Gasteiger partial charge in [-0.05, 0) is 55.7 Å². The molecule has 35 heavy (non-hydrogen) atoms. The molecule has 8 nitrogen and oxygen atoms in total. The highest BCUT2D eigenvalue weighted by molar-refractivity contribution is 5.80. The number of nitrogens with two attached hydrogens (primary N) is 1. The number of nitrogens with zero attached hydrogens (tertiary/aromatic N) is 1. The first-order valence-electron chi connectivity index (χ1n) is 11.9. The molecule has 2 atom stereocenters. The molecule has 1 aliphatic heterocycles. The number of carbonyl (C=O) groups is 1. The van der Waals surface area contributed by atoms with Crippen molar-refractivity contribution in [2.45, 2.75) is 25.9 Å². The van der Waals surface area contributed by atoms with Crippen LogP contribution in [0.2, 0.25) is 0 Å². The molecule has 1 saturated heterocycles. The molecule has 3 aromatic rings. The van der Waals surface area contributed by atoms with E-state index in [1.165, 1.54) is 0 Å². The van der Waals surface area contributed by atoms with Crippen LogP contribution >= 0.6 is 0 Å². The van der Waals surface area contributed by atoms with Crippen LogP contribution in [0.4, 0.5) is 0 Å². The summed E-state index contributed by atoms with van der Waals surface area (Å²) in [5.74, 6) is -0.942. The average molecular weight is 481 g/mol. The van der Waals surface area contributed by atoms with E-state index in [0.29, 0.717) is 17.6 Å². The zero-order chi connectivity index (χ0) is 24.8. The quantitative estimate of drug-likeness (QED) is 0.339. The minimum Gasteiger partial charge on any atom is -0.494 e. The van der Waals surface area contributed by atoms with Crippen molar-refractivity contribution in [1.29, 1.82) is 0 Å². The van der Waals surface area contributed by atoms with Crippen molar-refractivity contribution in [2.75, 3.05) is 39.5 Å². The smallest absolute Gasteiger partial charge is 0.342 e. The molecule has 1 aliphatic rings. The fraction of sp³-hybridized carbons (Fsp3) is 0.407. The Morgan fingerprint density at radius 1 is 1.14 bits per heavy atom. The van der Waals surface area contributed by atoms with E-state index in [0.717, 1.165) is 56.1 Å². The van der Waals surface area contributed by atoms with Crippen molar-refractivity contribution in [3.05, 3.63) is 75.6 Å². The Morgan fingerprint density at radius 3 is 2.60 bits per heavy atom. The lowest BCUT2D eigenvalue weighted by Gasteiger charge is -2.26. The highest BCUT2D eigenvalue weighted by Crippen LogP contribution is 2.27. The van der Waals surface area contributed by atoms with Gasteiger partial charge < -0.3 is 24.7 Å². The van der Waals surface area contributed by atoms with E-state index in [2.05, 4.69) is 4.90 Å². The normalized spacial score (nSPS) is 16.2.